The van der Waals surface area contributed by atoms with Gasteiger partial charge in [-0.15, -0.1) is 23.7 Å². The lowest BCUT2D eigenvalue weighted by Gasteiger charge is -2.38. The Bertz CT molecular complexity index is 642. The third-order valence-corrected chi connectivity index (χ3v) is 5.69. The molecule has 0 spiro atoms. The van der Waals surface area contributed by atoms with Crippen LogP contribution in [0.2, 0.25) is 0 Å². The lowest BCUT2D eigenvalue weighted by Crippen LogP contribution is -2.49. The molecule has 1 saturated heterocycles. The molecule has 2 aromatic rings. The molecular weight excluding hydrogens is 340 g/mol. The van der Waals surface area contributed by atoms with Gasteiger partial charge in [0.05, 0.1) is 12.0 Å². The van der Waals surface area contributed by atoms with Crippen molar-refractivity contribution in [3.05, 3.63) is 57.8 Å². The zero-order valence-corrected chi connectivity index (χ0v) is 15.8. The Morgan fingerprint density at radius 2 is 2.08 bits per heavy atom. The van der Waals surface area contributed by atoms with E-state index in [0.717, 1.165) is 30.9 Å². The fourth-order valence-corrected chi connectivity index (χ4v) is 3.93. The Balaban J connectivity index is 0.00000208. The summed E-state index contributed by atoms with van der Waals surface area (Å²) in [6.45, 7) is 6.65. The fourth-order valence-electron chi connectivity index (χ4n) is 3.15. The summed E-state index contributed by atoms with van der Waals surface area (Å²) in [4.78, 5) is 16.2. The Kier molecular flexibility index (Phi) is 6.84. The molecule has 2 heterocycles. The minimum absolute atomic E-state index is 0. The highest BCUT2D eigenvalue weighted by atomic mass is 35.5. The third-order valence-electron chi connectivity index (χ3n) is 4.64. The van der Waals surface area contributed by atoms with E-state index in [-0.39, 0.29) is 30.3 Å². The Hall–Kier alpha value is -1.36. The maximum atomic E-state index is 13.0. The zero-order chi connectivity index (χ0) is 16.2. The van der Waals surface area contributed by atoms with Crippen LogP contribution >= 0.6 is 23.7 Å². The van der Waals surface area contributed by atoms with Gasteiger partial charge in [0.25, 0.3) is 0 Å². The van der Waals surface area contributed by atoms with E-state index in [4.69, 9.17) is 0 Å². The van der Waals surface area contributed by atoms with Crippen molar-refractivity contribution >= 4 is 29.7 Å². The topological polar surface area (TPSA) is 32.3 Å². The second-order valence-corrected chi connectivity index (χ2v) is 7.06. The van der Waals surface area contributed by atoms with Crippen molar-refractivity contribution in [2.24, 2.45) is 0 Å². The monoisotopic (exact) mass is 364 g/mol. The van der Waals surface area contributed by atoms with Gasteiger partial charge in [-0.25, -0.2) is 0 Å². The first-order chi connectivity index (χ1) is 11.2. The number of nitrogens with zero attached hydrogens (tertiary/aromatic N) is 1. The summed E-state index contributed by atoms with van der Waals surface area (Å²) in [7, 11) is 0. The van der Waals surface area contributed by atoms with Gasteiger partial charge >= 0.3 is 0 Å². The summed E-state index contributed by atoms with van der Waals surface area (Å²) >= 11 is 1.66. The van der Waals surface area contributed by atoms with Gasteiger partial charge in [0.2, 0.25) is 5.91 Å². The summed E-state index contributed by atoms with van der Waals surface area (Å²) in [6.07, 6.45) is 1.04. The highest BCUT2D eigenvalue weighted by Crippen LogP contribution is 2.29. The average molecular weight is 365 g/mol. The van der Waals surface area contributed by atoms with Crippen LogP contribution in [0.4, 0.5) is 0 Å². The van der Waals surface area contributed by atoms with Gasteiger partial charge in [0.1, 0.15) is 0 Å². The second kappa shape index (κ2) is 8.65. The van der Waals surface area contributed by atoms with Crippen LogP contribution in [-0.2, 0) is 11.2 Å². The molecule has 5 heteroatoms. The molecule has 3 nitrogen and oxygen atoms in total. The Morgan fingerprint density at radius 1 is 1.33 bits per heavy atom. The smallest absolute Gasteiger partial charge is 0.231 e. The van der Waals surface area contributed by atoms with Gasteiger partial charge in [0.15, 0.2) is 0 Å². The van der Waals surface area contributed by atoms with E-state index >= 15 is 0 Å². The van der Waals surface area contributed by atoms with Gasteiger partial charge in [-0.3, -0.25) is 4.79 Å². The lowest BCUT2D eigenvalue weighted by atomic mass is 9.98. The van der Waals surface area contributed by atoms with Gasteiger partial charge in [-0.1, -0.05) is 37.3 Å². The SMILES string of the molecule is CCc1ccc(C2CNCCN2C(=O)C(C)c2cccs2)cc1.Cl. The Morgan fingerprint density at radius 3 is 2.71 bits per heavy atom. The average Bonchev–Trinajstić information content (AvgIpc) is 3.15. The third kappa shape index (κ3) is 4.00. The number of carbonyl (C=O) groups excluding carboxylic acids is 1. The summed E-state index contributed by atoms with van der Waals surface area (Å²) in [6, 6.07) is 12.9. The number of amides is 1. The highest BCUT2D eigenvalue weighted by molar-refractivity contribution is 7.10. The number of halogens is 1. The quantitative estimate of drug-likeness (QED) is 0.889. The maximum absolute atomic E-state index is 13.0. The van der Waals surface area contributed by atoms with Crippen LogP contribution in [0.1, 0.15) is 41.8 Å². The first-order valence-electron chi connectivity index (χ1n) is 8.34. The van der Waals surface area contributed by atoms with Gasteiger partial charge < -0.3 is 10.2 Å². The number of thiophene rings is 1. The number of carbonyl (C=O) groups is 1. The van der Waals surface area contributed by atoms with Crippen molar-refractivity contribution in [3.63, 3.8) is 0 Å². The molecule has 1 aliphatic heterocycles. The lowest BCUT2D eigenvalue weighted by molar-refractivity contribution is -0.135. The number of hydrogen-bond donors (Lipinski definition) is 1. The van der Waals surface area contributed by atoms with E-state index in [1.165, 1.54) is 11.1 Å². The molecule has 2 atom stereocenters. The molecule has 0 radical (unpaired) electrons. The van der Waals surface area contributed by atoms with E-state index < -0.39 is 0 Å². The van der Waals surface area contributed by atoms with E-state index in [1.807, 2.05) is 18.4 Å². The molecule has 0 bridgehead atoms. The van der Waals surface area contributed by atoms with E-state index in [1.54, 1.807) is 11.3 Å². The zero-order valence-electron chi connectivity index (χ0n) is 14.2. The summed E-state index contributed by atoms with van der Waals surface area (Å²) in [5, 5.41) is 5.47. The molecule has 1 N–H and O–H groups in total. The van der Waals surface area contributed by atoms with Crippen molar-refractivity contribution in [3.8, 4) is 0 Å². The van der Waals surface area contributed by atoms with E-state index in [2.05, 4.69) is 47.5 Å². The number of hydrogen-bond acceptors (Lipinski definition) is 3. The molecule has 1 fully saturated rings. The van der Waals surface area contributed by atoms with Crippen LogP contribution < -0.4 is 5.32 Å². The molecule has 130 valence electrons. The number of piperazine rings is 1. The highest BCUT2D eigenvalue weighted by Gasteiger charge is 2.31. The molecule has 1 aromatic carbocycles. The second-order valence-electron chi connectivity index (χ2n) is 6.08. The molecule has 0 saturated carbocycles. The predicted octanol–water partition coefficient (Wildman–Crippen LogP) is 4.01. The number of aryl methyl sites for hydroxylation is 1. The van der Waals surface area contributed by atoms with Crippen molar-refractivity contribution in [1.82, 2.24) is 10.2 Å². The minimum atomic E-state index is -0.0643. The molecule has 1 aromatic heterocycles. The fraction of sp³-hybridized carbons (Fsp3) is 0.421. The predicted molar refractivity (Wildman–Crippen MR) is 103 cm³/mol. The van der Waals surface area contributed by atoms with Gasteiger partial charge in [-0.05, 0) is 35.9 Å². The molecular formula is C19H25ClN2OS. The van der Waals surface area contributed by atoms with Gasteiger partial charge in [0, 0.05) is 24.5 Å². The first-order valence-corrected chi connectivity index (χ1v) is 9.22. The summed E-state index contributed by atoms with van der Waals surface area (Å²) < 4.78 is 0. The summed E-state index contributed by atoms with van der Waals surface area (Å²) in [5.41, 5.74) is 2.56. The molecule has 2 unspecified atom stereocenters. The van der Waals surface area contributed by atoms with Crippen LogP contribution in [0.3, 0.4) is 0 Å². The molecule has 1 amide bonds. The molecule has 1 aliphatic rings. The van der Waals surface area contributed by atoms with Crippen LogP contribution in [0.5, 0.6) is 0 Å². The van der Waals surface area contributed by atoms with Crippen LogP contribution in [0, 0.1) is 0 Å². The molecule has 24 heavy (non-hydrogen) atoms. The normalized spacial score (nSPS) is 18.8. The van der Waals surface area contributed by atoms with E-state index in [0.29, 0.717) is 0 Å². The number of nitrogens with one attached hydrogen (secondary N) is 1. The molecule has 0 aliphatic carbocycles. The maximum Gasteiger partial charge on any atom is 0.231 e. The van der Waals surface area contributed by atoms with Crippen LogP contribution in [0.15, 0.2) is 41.8 Å². The minimum Gasteiger partial charge on any atom is -0.333 e. The van der Waals surface area contributed by atoms with E-state index in [9.17, 15) is 4.79 Å². The van der Waals surface area contributed by atoms with Crippen LogP contribution in [-0.4, -0.2) is 30.4 Å². The van der Waals surface area contributed by atoms with Crippen molar-refractivity contribution in [1.29, 1.82) is 0 Å². The largest absolute Gasteiger partial charge is 0.333 e. The number of rotatable bonds is 4. The number of benzene rings is 1. The summed E-state index contributed by atoms with van der Waals surface area (Å²) in [5.74, 6) is 0.170. The van der Waals surface area contributed by atoms with Crippen molar-refractivity contribution in [2.75, 3.05) is 19.6 Å². The molecule has 3 rings (SSSR count). The first kappa shape index (κ1) is 19.0. The standard InChI is InChI=1S/C19H24N2OS.ClH/c1-3-15-6-8-16(9-7-15)17-13-20-10-11-21(17)19(22)14(2)18-5-4-12-23-18;/h4-9,12,14,17,20H,3,10-11,13H2,1-2H3;1H. The van der Waals surface area contributed by atoms with Crippen molar-refractivity contribution < 1.29 is 4.79 Å². The van der Waals surface area contributed by atoms with Crippen molar-refractivity contribution in [2.45, 2.75) is 32.2 Å². The Labute approximate surface area is 154 Å². The van der Waals surface area contributed by atoms with Gasteiger partial charge in [-0.2, -0.15) is 0 Å². The van der Waals surface area contributed by atoms with Crippen LogP contribution in [0.25, 0.3) is 0 Å².